The SMILES string of the molecule is N#CC1C(O)=CC=CC1(O)C#N.N#Cc1ccccc1.Oc1ccccc1. The van der Waals surface area contributed by atoms with Crippen LogP contribution in [0.5, 0.6) is 5.75 Å². The third kappa shape index (κ3) is 6.76. The second-order valence-electron chi connectivity index (χ2n) is 5.26. The van der Waals surface area contributed by atoms with Gasteiger partial charge in [-0.1, -0.05) is 42.5 Å². The average molecular weight is 359 g/mol. The molecule has 2 aromatic rings. The van der Waals surface area contributed by atoms with Crippen molar-refractivity contribution in [3.8, 4) is 24.0 Å². The van der Waals surface area contributed by atoms with Crippen LogP contribution >= 0.6 is 0 Å². The molecule has 0 saturated heterocycles. The third-order valence-corrected chi connectivity index (χ3v) is 3.32. The fraction of sp³-hybridized carbons (Fsp3) is 0.0952. The monoisotopic (exact) mass is 359 g/mol. The van der Waals surface area contributed by atoms with Crippen LogP contribution < -0.4 is 0 Å². The summed E-state index contributed by atoms with van der Waals surface area (Å²) in [6, 6.07) is 23.1. The van der Waals surface area contributed by atoms with E-state index in [2.05, 4.69) is 0 Å². The first-order chi connectivity index (χ1) is 13.0. The molecule has 3 N–H and O–H groups in total. The minimum Gasteiger partial charge on any atom is -0.511 e. The van der Waals surface area contributed by atoms with Crippen molar-refractivity contribution in [1.82, 2.24) is 0 Å². The van der Waals surface area contributed by atoms with Crippen LogP contribution in [0.15, 0.2) is 84.7 Å². The van der Waals surface area contributed by atoms with E-state index < -0.39 is 11.5 Å². The molecule has 0 radical (unpaired) electrons. The molecule has 1 aliphatic carbocycles. The zero-order chi connectivity index (χ0) is 20.1. The van der Waals surface area contributed by atoms with Crippen LogP contribution in [-0.2, 0) is 0 Å². The van der Waals surface area contributed by atoms with E-state index >= 15 is 0 Å². The lowest BCUT2D eigenvalue weighted by atomic mass is 9.85. The van der Waals surface area contributed by atoms with Gasteiger partial charge in [-0.3, -0.25) is 0 Å². The van der Waals surface area contributed by atoms with E-state index in [1.165, 1.54) is 18.2 Å². The zero-order valence-corrected chi connectivity index (χ0v) is 14.3. The molecular formula is C21H17N3O3. The predicted molar refractivity (Wildman–Crippen MR) is 98.8 cm³/mol. The van der Waals surface area contributed by atoms with Crippen molar-refractivity contribution in [2.24, 2.45) is 5.92 Å². The fourth-order valence-corrected chi connectivity index (χ4v) is 1.92. The molecule has 134 valence electrons. The quantitative estimate of drug-likeness (QED) is 0.618. The Hall–Kier alpha value is -4.05. The number of aliphatic hydroxyl groups is 2. The minimum absolute atomic E-state index is 0.288. The van der Waals surface area contributed by atoms with Crippen molar-refractivity contribution < 1.29 is 15.3 Å². The summed E-state index contributed by atoms with van der Waals surface area (Å²) in [6.45, 7) is 0. The van der Waals surface area contributed by atoms with Gasteiger partial charge < -0.3 is 15.3 Å². The summed E-state index contributed by atoms with van der Waals surface area (Å²) < 4.78 is 0. The molecule has 0 fully saturated rings. The smallest absolute Gasteiger partial charge is 0.193 e. The van der Waals surface area contributed by atoms with Gasteiger partial charge in [-0.15, -0.1) is 0 Å². The molecule has 0 saturated carbocycles. The zero-order valence-electron chi connectivity index (χ0n) is 14.3. The van der Waals surface area contributed by atoms with Crippen LogP contribution in [-0.4, -0.2) is 20.9 Å². The van der Waals surface area contributed by atoms with Gasteiger partial charge >= 0.3 is 0 Å². The van der Waals surface area contributed by atoms with Gasteiger partial charge in [-0.2, -0.15) is 15.8 Å². The van der Waals surface area contributed by atoms with Gasteiger partial charge in [0.15, 0.2) is 5.60 Å². The number of para-hydroxylation sites is 1. The largest absolute Gasteiger partial charge is 0.511 e. The fourth-order valence-electron chi connectivity index (χ4n) is 1.92. The highest BCUT2D eigenvalue weighted by molar-refractivity contribution is 5.35. The first-order valence-corrected chi connectivity index (χ1v) is 7.77. The number of nitrogens with zero attached hydrogens (tertiary/aromatic N) is 3. The maximum Gasteiger partial charge on any atom is 0.193 e. The highest BCUT2D eigenvalue weighted by Crippen LogP contribution is 2.27. The highest BCUT2D eigenvalue weighted by atomic mass is 16.3. The number of phenols is 1. The Morgan fingerprint density at radius 2 is 1.41 bits per heavy atom. The van der Waals surface area contributed by atoms with Gasteiger partial charge in [0.2, 0.25) is 0 Å². The average Bonchev–Trinajstić information content (AvgIpc) is 2.70. The lowest BCUT2D eigenvalue weighted by molar-refractivity contribution is 0.0998. The van der Waals surface area contributed by atoms with E-state index in [0.29, 0.717) is 11.3 Å². The molecule has 0 aromatic heterocycles. The Kier molecular flexibility index (Phi) is 8.35. The van der Waals surface area contributed by atoms with Crippen LogP contribution in [0, 0.1) is 39.9 Å². The topological polar surface area (TPSA) is 132 Å². The number of hydrogen-bond acceptors (Lipinski definition) is 6. The van der Waals surface area contributed by atoms with Crippen LogP contribution in [0.3, 0.4) is 0 Å². The second-order valence-corrected chi connectivity index (χ2v) is 5.26. The molecule has 2 aromatic carbocycles. The summed E-state index contributed by atoms with van der Waals surface area (Å²) in [6.07, 6.45) is 3.80. The Balaban J connectivity index is 0.000000212. The highest BCUT2D eigenvalue weighted by Gasteiger charge is 2.39. The molecule has 2 atom stereocenters. The van der Waals surface area contributed by atoms with Gasteiger partial charge in [0.1, 0.15) is 23.5 Å². The van der Waals surface area contributed by atoms with Crippen molar-refractivity contribution in [3.05, 3.63) is 90.2 Å². The van der Waals surface area contributed by atoms with Crippen molar-refractivity contribution in [3.63, 3.8) is 0 Å². The van der Waals surface area contributed by atoms with Gasteiger partial charge in [-0.05, 0) is 36.4 Å². The number of phenolic OH excluding ortho intramolecular Hbond substituents is 1. The Bertz CT molecular complexity index is 904. The van der Waals surface area contributed by atoms with E-state index in [1.807, 2.05) is 30.3 Å². The normalized spacial score (nSPS) is 19.3. The first kappa shape index (κ1) is 21.0. The molecule has 0 heterocycles. The van der Waals surface area contributed by atoms with Gasteiger partial charge in [0.25, 0.3) is 0 Å². The molecule has 2 unspecified atom stereocenters. The van der Waals surface area contributed by atoms with Crippen LogP contribution in [0.2, 0.25) is 0 Å². The summed E-state index contributed by atoms with van der Waals surface area (Å²) in [4.78, 5) is 0. The Morgan fingerprint density at radius 1 is 0.852 bits per heavy atom. The van der Waals surface area contributed by atoms with Gasteiger partial charge in [0, 0.05) is 0 Å². The first-order valence-electron chi connectivity index (χ1n) is 7.77. The van der Waals surface area contributed by atoms with Crippen molar-refractivity contribution in [1.29, 1.82) is 15.8 Å². The summed E-state index contributed by atoms with van der Waals surface area (Å²) in [5.41, 5.74) is -1.18. The summed E-state index contributed by atoms with van der Waals surface area (Å²) in [7, 11) is 0. The van der Waals surface area contributed by atoms with Crippen molar-refractivity contribution >= 4 is 0 Å². The molecule has 6 nitrogen and oxygen atoms in total. The number of benzene rings is 2. The molecule has 0 spiro atoms. The van der Waals surface area contributed by atoms with E-state index in [4.69, 9.17) is 26.0 Å². The van der Waals surface area contributed by atoms with Crippen molar-refractivity contribution in [2.75, 3.05) is 0 Å². The number of rotatable bonds is 0. The number of nitriles is 3. The summed E-state index contributed by atoms with van der Waals surface area (Å²) in [5, 5.41) is 52.5. The lowest BCUT2D eigenvalue weighted by Crippen LogP contribution is -2.36. The Labute approximate surface area is 157 Å². The maximum atomic E-state index is 9.44. The molecule has 0 bridgehead atoms. The summed E-state index contributed by atoms with van der Waals surface area (Å²) in [5.74, 6) is -1.15. The lowest BCUT2D eigenvalue weighted by Gasteiger charge is -2.23. The second kappa shape index (κ2) is 10.7. The molecule has 6 heteroatoms. The Morgan fingerprint density at radius 3 is 1.74 bits per heavy atom. The van der Waals surface area contributed by atoms with Crippen LogP contribution in [0.25, 0.3) is 0 Å². The summed E-state index contributed by atoms with van der Waals surface area (Å²) >= 11 is 0. The number of aliphatic hydroxyl groups excluding tert-OH is 1. The predicted octanol–water partition coefficient (Wildman–Crippen LogP) is 3.34. The standard InChI is InChI=1S/C8H6N2O2.C7H5N.C6H6O/c9-4-6-7(11)2-1-3-8(6,12)5-10;8-6-7-4-2-1-3-5-7;7-6-4-2-1-3-5-6/h1-3,6,11-12H;1-5H;1-5,7H. The van der Waals surface area contributed by atoms with E-state index in [1.54, 1.807) is 48.5 Å². The van der Waals surface area contributed by atoms with E-state index in [9.17, 15) is 5.11 Å². The molecule has 27 heavy (non-hydrogen) atoms. The molecular weight excluding hydrogens is 342 g/mol. The maximum absolute atomic E-state index is 9.44. The van der Waals surface area contributed by atoms with E-state index in [-0.39, 0.29) is 5.76 Å². The van der Waals surface area contributed by atoms with Crippen LogP contribution in [0.4, 0.5) is 0 Å². The van der Waals surface area contributed by atoms with Crippen LogP contribution in [0.1, 0.15) is 5.56 Å². The van der Waals surface area contributed by atoms with E-state index in [0.717, 1.165) is 0 Å². The number of aromatic hydroxyl groups is 1. The third-order valence-electron chi connectivity index (χ3n) is 3.32. The van der Waals surface area contributed by atoms with Gasteiger partial charge in [-0.25, -0.2) is 0 Å². The number of hydrogen-bond donors (Lipinski definition) is 3. The molecule has 0 amide bonds. The minimum atomic E-state index is -1.90. The van der Waals surface area contributed by atoms with Crippen molar-refractivity contribution in [2.45, 2.75) is 5.60 Å². The molecule has 3 rings (SSSR count). The number of allylic oxidation sites excluding steroid dienone is 2. The molecule has 1 aliphatic rings. The van der Waals surface area contributed by atoms with Gasteiger partial charge in [0.05, 0.1) is 17.7 Å². The molecule has 0 aliphatic heterocycles.